The van der Waals surface area contributed by atoms with Crippen LogP contribution in [0.3, 0.4) is 0 Å². The maximum Gasteiger partial charge on any atom is 0.248 e. The quantitative estimate of drug-likeness (QED) is 0.126. The van der Waals surface area contributed by atoms with Crippen molar-refractivity contribution in [2.24, 2.45) is 0 Å². The van der Waals surface area contributed by atoms with Crippen molar-refractivity contribution in [1.82, 2.24) is 0 Å². The molecule has 0 aliphatic carbocycles. The molecule has 60 heavy (non-hydrogen) atoms. The molecule has 14 rings (SSSR count). The van der Waals surface area contributed by atoms with Crippen LogP contribution in [-0.2, 0) is 0 Å². The van der Waals surface area contributed by atoms with E-state index in [0.717, 1.165) is 29.3 Å². The van der Waals surface area contributed by atoms with Gasteiger partial charge in [-0.3, -0.25) is 0 Å². The molecular formula is C52H26B2Br4N2. The number of hydrogen-bond donors (Lipinski definition) is 0. The van der Waals surface area contributed by atoms with Crippen LogP contribution >= 0.6 is 63.7 Å². The molecule has 0 aromatic heterocycles. The molecule has 4 heterocycles. The second-order valence-corrected chi connectivity index (χ2v) is 20.2. The van der Waals surface area contributed by atoms with E-state index in [1.54, 1.807) is 0 Å². The van der Waals surface area contributed by atoms with Crippen molar-refractivity contribution in [2.45, 2.75) is 0 Å². The van der Waals surface area contributed by atoms with E-state index >= 15 is 0 Å². The molecule has 8 heteroatoms. The minimum atomic E-state index is 0.0617. The van der Waals surface area contributed by atoms with Gasteiger partial charge in [0.15, 0.2) is 0 Å². The van der Waals surface area contributed by atoms with Gasteiger partial charge >= 0.3 is 0 Å². The molecule has 0 fully saturated rings. The summed E-state index contributed by atoms with van der Waals surface area (Å²) in [7, 11) is 0. The number of anilines is 6. The van der Waals surface area contributed by atoms with E-state index in [4.69, 9.17) is 0 Å². The Labute approximate surface area is 380 Å². The van der Waals surface area contributed by atoms with Crippen LogP contribution in [0.25, 0.3) is 54.6 Å². The van der Waals surface area contributed by atoms with Crippen LogP contribution in [0.1, 0.15) is 0 Å². The summed E-state index contributed by atoms with van der Waals surface area (Å²) in [6.45, 7) is 0.123. The number of halogens is 4. The normalized spacial score (nSPS) is 13.9. The Hall–Kier alpha value is -5.11. The Morgan fingerprint density at radius 1 is 0.317 bits per heavy atom. The first-order chi connectivity index (χ1) is 29.4. The molecule has 0 saturated heterocycles. The summed E-state index contributed by atoms with van der Waals surface area (Å²) >= 11 is 15.7. The number of hydrogen-bond acceptors (Lipinski definition) is 2. The van der Waals surface area contributed by atoms with Gasteiger partial charge in [0.2, 0.25) is 13.4 Å². The number of nitrogens with zero attached hydrogens (tertiary/aromatic N) is 2. The van der Waals surface area contributed by atoms with Crippen molar-refractivity contribution >= 4 is 176 Å². The average molecular weight is 1020 g/mol. The maximum atomic E-state index is 4.01. The molecule has 4 aliphatic rings. The molecule has 0 bridgehead atoms. The van der Waals surface area contributed by atoms with Gasteiger partial charge < -0.3 is 9.80 Å². The molecule has 278 valence electrons. The fraction of sp³-hybridized carbons (Fsp3) is 0. The van der Waals surface area contributed by atoms with Crippen molar-refractivity contribution in [3.63, 3.8) is 0 Å². The zero-order valence-corrected chi connectivity index (χ0v) is 37.9. The van der Waals surface area contributed by atoms with Gasteiger partial charge in [0.05, 0.1) is 0 Å². The minimum Gasteiger partial charge on any atom is -0.311 e. The summed E-state index contributed by atoms with van der Waals surface area (Å²) in [5.74, 6) is 0. The van der Waals surface area contributed by atoms with Gasteiger partial charge in [0, 0.05) is 52.0 Å². The number of benzene rings is 10. The van der Waals surface area contributed by atoms with E-state index in [1.165, 1.54) is 110 Å². The summed E-state index contributed by atoms with van der Waals surface area (Å²) in [5.41, 5.74) is 20.5. The highest BCUT2D eigenvalue weighted by Crippen LogP contribution is 2.49. The van der Waals surface area contributed by atoms with Crippen molar-refractivity contribution in [3.05, 3.63) is 176 Å². The van der Waals surface area contributed by atoms with Gasteiger partial charge in [-0.15, -0.1) is 0 Å². The van der Waals surface area contributed by atoms with E-state index < -0.39 is 0 Å². The van der Waals surface area contributed by atoms with Gasteiger partial charge in [-0.1, -0.05) is 160 Å². The van der Waals surface area contributed by atoms with Crippen molar-refractivity contribution in [3.8, 4) is 22.3 Å². The fourth-order valence-corrected chi connectivity index (χ4v) is 13.1. The monoisotopic (exact) mass is 1020 g/mol. The van der Waals surface area contributed by atoms with E-state index in [1.807, 2.05) is 0 Å². The Morgan fingerprint density at radius 3 is 1.17 bits per heavy atom. The highest BCUT2D eigenvalue weighted by atomic mass is 79.9. The van der Waals surface area contributed by atoms with Crippen LogP contribution < -0.4 is 42.6 Å². The lowest BCUT2D eigenvalue weighted by Crippen LogP contribution is -2.60. The molecule has 0 amide bonds. The molecule has 2 nitrogen and oxygen atoms in total. The number of fused-ring (bicyclic) bond motifs is 8. The molecule has 10 aromatic rings. The molecule has 0 radical (unpaired) electrons. The summed E-state index contributed by atoms with van der Waals surface area (Å²) in [4.78, 5) is 4.91. The molecule has 0 N–H and O–H groups in total. The average Bonchev–Trinajstić information content (AvgIpc) is 3.26. The first kappa shape index (κ1) is 34.6. The van der Waals surface area contributed by atoms with E-state index in [0.29, 0.717) is 0 Å². The van der Waals surface area contributed by atoms with Gasteiger partial charge in [-0.25, -0.2) is 0 Å². The molecular weight excluding hydrogens is 994 g/mol. The predicted molar refractivity (Wildman–Crippen MR) is 270 cm³/mol. The summed E-state index contributed by atoms with van der Waals surface area (Å²) in [6.07, 6.45) is 0. The molecule has 4 aliphatic heterocycles. The Kier molecular flexibility index (Phi) is 7.07. The van der Waals surface area contributed by atoms with Crippen LogP contribution in [0.15, 0.2) is 176 Å². The third-order valence-electron chi connectivity index (χ3n) is 13.5. The van der Waals surface area contributed by atoms with Crippen molar-refractivity contribution in [1.29, 1.82) is 0 Å². The number of para-hydroxylation sites is 2. The zero-order valence-electron chi connectivity index (χ0n) is 31.6. The van der Waals surface area contributed by atoms with Crippen LogP contribution in [0.2, 0.25) is 0 Å². The number of rotatable bonds is 2. The second kappa shape index (κ2) is 12.3. The molecule has 0 spiro atoms. The Morgan fingerprint density at radius 2 is 0.733 bits per heavy atom. The van der Waals surface area contributed by atoms with Gasteiger partial charge in [-0.05, 0) is 149 Å². The molecule has 0 atom stereocenters. The van der Waals surface area contributed by atoms with Crippen LogP contribution in [0.5, 0.6) is 0 Å². The lowest BCUT2D eigenvalue weighted by Gasteiger charge is -2.42. The molecule has 10 aromatic carbocycles. The predicted octanol–water partition coefficient (Wildman–Crippen LogP) is 12.2. The summed E-state index contributed by atoms with van der Waals surface area (Å²) in [6, 6.07) is 59.4. The van der Waals surface area contributed by atoms with E-state index in [2.05, 4.69) is 231 Å². The third-order valence-corrected chi connectivity index (χ3v) is 15.5. The van der Waals surface area contributed by atoms with Crippen LogP contribution in [0.4, 0.5) is 34.1 Å². The van der Waals surface area contributed by atoms with Crippen LogP contribution in [0, 0.1) is 0 Å². The Balaban J connectivity index is 1.11. The summed E-state index contributed by atoms with van der Waals surface area (Å²) < 4.78 is 4.29. The van der Waals surface area contributed by atoms with Gasteiger partial charge in [-0.2, -0.15) is 0 Å². The van der Waals surface area contributed by atoms with E-state index in [-0.39, 0.29) is 13.4 Å². The molecule has 0 saturated carbocycles. The topological polar surface area (TPSA) is 6.48 Å². The third kappa shape index (κ3) is 4.45. The first-order valence-corrected chi connectivity index (χ1v) is 23.3. The zero-order chi connectivity index (χ0) is 39.7. The van der Waals surface area contributed by atoms with Crippen molar-refractivity contribution < 1.29 is 0 Å². The van der Waals surface area contributed by atoms with E-state index in [9.17, 15) is 0 Å². The lowest BCUT2D eigenvalue weighted by atomic mass is 9.31. The fourth-order valence-electron chi connectivity index (χ4n) is 11.5. The highest BCUT2D eigenvalue weighted by Gasteiger charge is 2.45. The van der Waals surface area contributed by atoms with Crippen molar-refractivity contribution in [2.75, 3.05) is 9.80 Å². The smallest absolute Gasteiger partial charge is 0.248 e. The minimum absolute atomic E-state index is 0.0617. The first-order valence-electron chi connectivity index (χ1n) is 20.2. The second-order valence-electron chi connectivity index (χ2n) is 16.5. The summed E-state index contributed by atoms with van der Waals surface area (Å²) in [5, 5.41) is 8.07. The van der Waals surface area contributed by atoms with Gasteiger partial charge in [0.25, 0.3) is 0 Å². The largest absolute Gasteiger partial charge is 0.311 e. The van der Waals surface area contributed by atoms with Crippen LogP contribution in [-0.4, -0.2) is 13.4 Å². The highest BCUT2D eigenvalue weighted by molar-refractivity contribution is 9.11. The standard InChI is InChI=1S/C52H26B2Br4N2/c55-29-13-17-39-43(23-29)59(33-7-3-1-4-8-33)45-25-31(57)21-37-35-15-11-28-20-42-50-36(16-12-27-19-41(53(39)51(37)45)49(35)47(28)48(27)50)38-22-32(58)26-46-52(38)54(42)40-18-14-30(56)24-44(40)60(46)34-9-5-2-6-10-34/h1-26H. The SMILES string of the molecule is Brc1ccc2c(c1)N(c1ccccc1)c1cc(Br)cc3c1B2c1cc2ccc4c5c(cc6ccc-3c1c6c25)B1c2ccc(Br)cc2N(c2ccccc2)c2cc(Br)cc-4c21. The molecule has 0 unspecified atom stereocenters. The van der Waals surface area contributed by atoms with Gasteiger partial charge in [0.1, 0.15) is 0 Å². The maximum absolute atomic E-state index is 4.01. The Bertz CT molecular complexity index is 3340. The lowest BCUT2D eigenvalue weighted by molar-refractivity contribution is 1.29.